The summed E-state index contributed by atoms with van der Waals surface area (Å²) in [6, 6.07) is 8.74. The Kier molecular flexibility index (Phi) is 3.97. The molecule has 0 aliphatic heterocycles. The number of benzene rings is 2. The molecule has 19 heavy (non-hydrogen) atoms. The van der Waals surface area contributed by atoms with Crippen molar-refractivity contribution in [1.29, 1.82) is 0 Å². The normalized spacial score (nSPS) is 10.3. The molecule has 2 aromatic rings. The van der Waals surface area contributed by atoms with Gasteiger partial charge < -0.3 is 11.1 Å². The van der Waals surface area contributed by atoms with Crippen LogP contribution in [0.1, 0.15) is 5.56 Å². The van der Waals surface area contributed by atoms with Crippen molar-refractivity contribution < 1.29 is 8.78 Å². The quantitative estimate of drug-likeness (QED) is 0.841. The molecule has 0 unspecified atom stereocenters. The summed E-state index contributed by atoms with van der Waals surface area (Å²) in [6.07, 6.45) is 0. The number of halogens is 3. The van der Waals surface area contributed by atoms with E-state index in [4.69, 9.17) is 29.6 Å². The van der Waals surface area contributed by atoms with Crippen molar-refractivity contribution in [2.24, 2.45) is 5.73 Å². The van der Waals surface area contributed by atoms with E-state index in [9.17, 15) is 8.78 Å². The third-order valence-corrected chi connectivity index (χ3v) is 3.00. The summed E-state index contributed by atoms with van der Waals surface area (Å²) in [5, 5.41) is 3.08. The van der Waals surface area contributed by atoms with E-state index in [1.54, 1.807) is 18.2 Å². The molecule has 0 spiro atoms. The van der Waals surface area contributed by atoms with E-state index in [0.29, 0.717) is 16.3 Å². The van der Waals surface area contributed by atoms with Crippen molar-refractivity contribution in [1.82, 2.24) is 0 Å². The van der Waals surface area contributed by atoms with Crippen molar-refractivity contribution in [2.45, 2.75) is 0 Å². The summed E-state index contributed by atoms with van der Waals surface area (Å²) in [4.78, 5) is 0.0740. The van der Waals surface area contributed by atoms with Crippen molar-refractivity contribution >= 4 is 40.2 Å². The first kappa shape index (κ1) is 13.7. The number of hydrogen-bond donors (Lipinski definition) is 2. The highest BCUT2D eigenvalue weighted by atomic mass is 35.5. The van der Waals surface area contributed by atoms with E-state index in [2.05, 4.69) is 5.32 Å². The lowest BCUT2D eigenvalue weighted by atomic mass is 10.1. The second-order valence-electron chi connectivity index (χ2n) is 3.75. The average molecular weight is 299 g/mol. The van der Waals surface area contributed by atoms with Gasteiger partial charge in [-0.15, -0.1) is 0 Å². The van der Waals surface area contributed by atoms with Crippen LogP contribution < -0.4 is 11.1 Å². The summed E-state index contributed by atoms with van der Waals surface area (Å²) in [5.41, 5.74) is 6.37. The molecule has 0 radical (unpaired) electrons. The van der Waals surface area contributed by atoms with E-state index in [1.165, 1.54) is 12.1 Å². The van der Waals surface area contributed by atoms with Gasteiger partial charge in [0, 0.05) is 0 Å². The monoisotopic (exact) mass is 298 g/mol. The first-order chi connectivity index (χ1) is 9.00. The maximum absolute atomic E-state index is 13.6. The van der Waals surface area contributed by atoms with Crippen LogP contribution in [0.15, 0.2) is 36.4 Å². The standard InChI is InChI=1S/C13H9ClF2N2S/c14-7-3-1-5-9(11(7)13(17)19)18-10-6-2-4-8(15)12(10)16/h1-6,18H,(H2,17,19). The minimum atomic E-state index is -0.976. The lowest BCUT2D eigenvalue weighted by Crippen LogP contribution is -2.13. The van der Waals surface area contributed by atoms with Crippen LogP contribution in [0.25, 0.3) is 0 Å². The Bertz CT molecular complexity index is 647. The molecule has 2 nitrogen and oxygen atoms in total. The molecule has 98 valence electrons. The summed E-state index contributed by atoms with van der Waals surface area (Å²) < 4.78 is 26.7. The molecule has 0 aliphatic carbocycles. The Labute approximate surface area is 119 Å². The highest BCUT2D eigenvalue weighted by molar-refractivity contribution is 7.80. The fourth-order valence-electron chi connectivity index (χ4n) is 1.62. The molecular weight excluding hydrogens is 290 g/mol. The van der Waals surface area contributed by atoms with Gasteiger partial charge in [-0.05, 0) is 24.3 Å². The fourth-order valence-corrected chi connectivity index (χ4v) is 2.18. The molecule has 0 aromatic heterocycles. The Morgan fingerprint density at radius 2 is 1.74 bits per heavy atom. The predicted molar refractivity (Wildman–Crippen MR) is 77.0 cm³/mol. The molecule has 0 fully saturated rings. The SMILES string of the molecule is NC(=S)c1c(Cl)cccc1Nc1cccc(F)c1F. The summed E-state index contributed by atoms with van der Waals surface area (Å²) in [6.45, 7) is 0. The Morgan fingerprint density at radius 3 is 2.42 bits per heavy atom. The Morgan fingerprint density at radius 1 is 1.11 bits per heavy atom. The molecule has 0 heterocycles. The van der Waals surface area contributed by atoms with Crippen LogP contribution in [0.5, 0.6) is 0 Å². The van der Waals surface area contributed by atoms with Crippen LogP contribution in [0.3, 0.4) is 0 Å². The number of rotatable bonds is 3. The Balaban J connectivity index is 2.47. The van der Waals surface area contributed by atoms with Gasteiger partial charge in [-0.25, -0.2) is 8.78 Å². The second-order valence-corrected chi connectivity index (χ2v) is 4.60. The first-order valence-electron chi connectivity index (χ1n) is 5.30. The first-order valence-corrected chi connectivity index (χ1v) is 6.08. The topological polar surface area (TPSA) is 38.0 Å². The highest BCUT2D eigenvalue weighted by Gasteiger charge is 2.13. The van der Waals surface area contributed by atoms with Crippen LogP contribution in [-0.2, 0) is 0 Å². The van der Waals surface area contributed by atoms with Gasteiger partial charge >= 0.3 is 0 Å². The van der Waals surface area contributed by atoms with Crippen LogP contribution >= 0.6 is 23.8 Å². The van der Waals surface area contributed by atoms with E-state index < -0.39 is 11.6 Å². The van der Waals surface area contributed by atoms with E-state index in [0.717, 1.165) is 6.07 Å². The van der Waals surface area contributed by atoms with Gasteiger partial charge in [-0.3, -0.25) is 0 Å². The molecule has 0 atom stereocenters. The van der Waals surface area contributed by atoms with Crippen LogP contribution in [0.2, 0.25) is 5.02 Å². The molecule has 0 aliphatic rings. The lowest BCUT2D eigenvalue weighted by Gasteiger charge is -2.13. The minimum absolute atomic E-state index is 0.0141. The third-order valence-electron chi connectivity index (χ3n) is 2.48. The van der Waals surface area contributed by atoms with Gasteiger partial charge in [0.25, 0.3) is 0 Å². The molecule has 3 N–H and O–H groups in total. The van der Waals surface area contributed by atoms with E-state index in [1.807, 2.05) is 0 Å². The highest BCUT2D eigenvalue weighted by Crippen LogP contribution is 2.28. The summed E-state index contributed by atoms with van der Waals surface area (Å²) in [7, 11) is 0. The third kappa shape index (κ3) is 2.83. The number of hydrogen-bond acceptors (Lipinski definition) is 2. The van der Waals surface area contributed by atoms with Gasteiger partial charge in [0.1, 0.15) is 4.99 Å². The fraction of sp³-hybridized carbons (Fsp3) is 0. The zero-order chi connectivity index (χ0) is 14.0. The molecule has 0 bridgehead atoms. The van der Waals surface area contributed by atoms with Crippen LogP contribution in [0, 0.1) is 11.6 Å². The average Bonchev–Trinajstić information content (AvgIpc) is 2.34. The lowest BCUT2D eigenvalue weighted by molar-refractivity contribution is 0.512. The molecule has 2 aromatic carbocycles. The molecule has 0 saturated carbocycles. The zero-order valence-corrected chi connectivity index (χ0v) is 11.2. The molecule has 2 rings (SSSR count). The maximum atomic E-state index is 13.6. The van der Waals surface area contributed by atoms with Gasteiger partial charge in [0.15, 0.2) is 11.6 Å². The van der Waals surface area contributed by atoms with Gasteiger partial charge in [0.2, 0.25) is 0 Å². The zero-order valence-electron chi connectivity index (χ0n) is 9.58. The second kappa shape index (κ2) is 5.50. The number of anilines is 2. The van der Waals surface area contributed by atoms with E-state index >= 15 is 0 Å². The van der Waals surface area contributed by atoms with Gasteiger partial charge in [0.05, 0.1) is 22.0 Å². The minimum Gasteiger partial charge on any atom is -0.389 e. The van der Waals surface area contributed by atoms with Crippen LogP contribution in [0.4, 0.5) is 20.2 Å². The molecule has 0 saturated heterocycles. The number of thiocarbonyl (C=S) groups is 1. The smallest absolute Gasteiger partial charge is 0.182 e. The molecule has 0 amide bonds. The Hall–Kier alpha value is -1.72. The van der Waals surface area contributed by atoms with Crippen molar-refractivity contribution in [2.75, 3.05) is 5.32 Å². The van der Waals surface area contributed by atoms with Gasteiger partial charge in [-0.1, -0.05) is 36.0 Å². The summed E-state index contributed by atoms with van der Waals surface area (Å²) in [5.74, 6) is -1.92. The number of nitrogens with two attached hydrogens (primary N) is 1. The molecule has 6 heteroatoms. The number of nitrogens with one attached hydrogen (secondary N) is 1. The van der Waals surface area contributed by atoms with Crippen molar-refractivity contribution in [3.63, 3.8) is 0 Å². The predicted octanol–water partition coefficient (Wildman–Crippen LogP) is 4.00. The van der Waals surface area contributed by atoms with Crippen molar-refractivity contribution in [3.05, 3.63) is 58.6 Å². The van der Waals surface area contributed by atoms with E-state index in [-0.39, 0.29) is 10.7 Å². The van der Waals surface area contributed by atoms with Crippen molar-refractivity contribution in [3.8, 4) is 0 Å². The summed E-state index contributed by atoms with van der Waals surface area (Å²) >= 11 is 10.9. The van der Waals surface area contributed by atoms with Crippen LogP contribution in [-0.4, -0.2) is 4.99 Å². The largest absolute Gasteiger partial charge is 0.389 e. The van der Waals surface area contributed by atoms with Gasteiger partial charge in [-0.2, -0.15) is 0 Å². The molecular formula is C13H9ClF2N2S. The maximum Gasteiger partial charge on any atom is 0.182 e.